The number of rotatable bonds is 5. The number of halogens is 1. The molecule has 2 aliphatic heterocycles. The molecular weight excluding hydrogens is 421 g/mol. The van der Waals surface area contributed by atoms with E-state index in [9.17, 15) is 4.39 Å². The van der Waals surface area contributed by atoms with Gasteiger partial charge in [-0.15, -0.1) is 0 Å². The predicted molar refractivity (Wildman–Crippen MR) is 130 cm³/mol. The Bertz CT molecular complexity index is 858. The van der Waals surface area contributed by atoms with Gasteiger partial charge in [-0.1, -0.05) is 27.7 Å². The Hall–Kier alpha value is -2.41. The second kappa shape index (κ2) is 13.3. The van der Waals surface area contributed by atoms with Gasteiger partial charge in [0.05, 0.1) is 12.3 Å². The first-order valence-corrected chi connectivity index (χ1v) is 12.2. The minimum atomic E-state index is -0.345. The molecule has 6 nitrogen and oxygen atoms in total. The van der Waals surface area contributed by atoms with Crippen LogP contribution >= 0.6 is 0 Å². The third-order valence-corrected chi connectivity index (χ3v) is 5.56. The molecular formula is C26H40FN3O3. The quantitative estimate of drug-likeness (QED) is 0.566. The number of aryl methyl sites for hydroxylation is 2. The van der Waals surface area contributed by atoms with Crippen molar-refractivity contribution in [1.29, 1.82) is 0 Å². The Morgan fingerprint density at radius 3 is 2.36 bits per heavy atom. The van der Waals surface area contributed by atoms with E-state index in [1.165, 1.54) is 6.07 Å². The van der Waals surface area contributed by atoms with Crippen molar-refractivity contribution in [3.8, 4) is 17.4 Å². The van der Waals surface area contributed by atoms with Gasteiger partial charge in [-0.25, -0.2) is 9.37 Å². The lowest BCUT2D eigenvalue weighted by molar-refractivity contribution is 0.0806. The van der Waals surface area contributed by atoms with Crippen LogP contribution in [0.15, 0.2) is 18.2 Å². The monoisotopic (exact) mass is 461 g/mol. The molecule has 0 saturated carbocycles. The summed E-state index contributed by atoms with van der Waals surface area (Å²) in [4.78, 5) is 11.0. The van der Waals surface area contributed by atoms with E-state index in [2.05, 4.69) is 21.8 Å². The zero-order valence-electron chi connectivity index (χ0n) is 21.3. The normalized spacial score (nSPS) is 19.5. The minimum absolute atomic E-state index is 0.345. The highest BCUT2D eigenvalue weighted by Gasteiger charge is 2.28. The highest BCUT2D eigenvalue weighted by atomic mass is 19.1. The number of fused-ring (bicyclic) bond motifs is 1. The zero-order valence-corrected chi connectivity index (χ0v) is 21.3. The zero-order chi connectivity index (χ0) is 24.4. The van der Waals surface area contributed by atoms with E-state index in [0.717, 1.165) is 36.5 Å². The maximum absolute atomic E-state index is 14.5. The molecule has 7 heteroatoms. The van der Waals surface area contributed by atoms with Crippen molar-refractivity contribution in [3.05, 3.63) is 41.1 Å². The molecule has 0 aromatic carbocycles. The Morgan fingerprint density at radius 1 is 1.00 bits per heavy atom. The van der Waals surface area contributed by atoms with Crippen molar-refractivity contribution in [2.24, 2.45) is 5.92 Å². The summed E-state index contributed by atoms with van der Waals surface area (Å²) in [5.74, 6) is 1.68. The molecule has 0 bridgehead atoms. The van der Waals surface area contributed by atoms with Crippen LogP contribution in [0, 0.1) is 25.6 Å². The summed E-state index contributed by atoms with van der Waals surface area (Å²) in [7, 11) is 0. The molecule has 1 unspecified atom stereocenters. The average Bonchev–Trinajstić information content (AvgIpc) is 2.82. The Balaban J connectivity index is 0.000000914. The SMILES string of the molecule is CC.CC.Cc1cc(OCC2CC[C@@H](C)N(Cc3nc4c(cc3F)OCCO4)C2)cc(C)n1. The Labute approximate surface area is 198 Å². The number of hydrogen-bond acceptors (Lipinski definition) is 6. The van der Waals surface area contributed by atoms with Gasteiger partial charge in [0.25, 0.3) is 5.88 Å². The van der Waals surface area contributed by atoms with E-state index in [1.807, 2.05) is 53.7 Å². The van der Waals surface area contributed by atoms with Crippen LogP contribution in [0.25, 0.3) is 0 Å². The lowest BCUT2D eigenvalue weighted by atomic mass is 9.94. The molecule has 2 aliphatic rings. The van der Waals surface area contributed by atoms with Crippen molar-refractivity contribution in [2.45, 2.75) is 73.9 Å². The summed E-state index contributed by atoms with van der Waals surface area (Å²) in [6.45, 7) is 16.9. The van der Waals surface area contributed by atoms with Crippen molar-refractivity contribution < 1.29 is 18.6 Å². The van der Waals surface area contributed by atoms with Gasteiger partial charge in [-0.2, -0.15) is 0 Å². The van der Waals surface area contributed by atoms with Crippen molar-refractivity contribution in [2.75, 3.05) is 26.4 Å². The van der Waals surface area contributed by atoms with Crippen LogP contribution in [-0.2, 0) is 6.54 Å². The fourth-order valence-corrected chi connectivity index (χ4v) is 4.00. The topological polar surface area (TPSA) is 56.7 Å². The number of ether oxygens (including phenoxy) is 3. The molecule has 0 N–H and O–H groups in total. The Morgan fingerprint density at radius 2 is 1.67 bits per heavy atom. The molecule has 0 spiro atoms. The Kier molecular flexibility index (Phi) is 10.8. The van der Waals surface area contributed by atoms with Gasteiger partial charge in [0.2, 0.25) is 0 Å². The lowest BCUT2D eigenvalue weighted by Crippen LogP contribution is -2.43. The van der Waals surface area contributed by atoms with Crippen molar-refractivity contribution >= 4 is 0 Å². The number of piperidine rings is 1. The van der Waals surface area contributed by atoms with Crippen LogP contribution in [0.4, 0.5) is 4.39 Å². The van der Waals surface area contributed by atoms with E-state index >= 15 is 0 Å². The van der Waals surface area contributed by atoms with E-state index < -0.39 is 0 Å². The summed E-state index contributed by atoms with van der Waals surface area (Å²) >= 11 is 0. The summed E-state index contributed by atoms with van der Waals surface area (Å²) in [5, 5.41) is 0. The molecule has 0 aliphatic carbocycles. The summed E-state index contributed by atoms with van der Waals surface area (Å²) in [5.41, 5.74) is 2.32. The van der Waals surface area contributed by atoms with Crippen LogP contribution in [-0.4, -0.2) is 47.3 Å². The number of hydrogen-bond donors (Lipinski definition) is 0. The second-order valence-electron chi connectivity index (χ2n) is 8.04. The van der Waals surface area contributed by atoms with Gasteiger partial charge in [0.15, 0.2) is 5.75 Å². The fourth-order valence-electron chi connectivity index (χ4n) is 4.00. The second-order valence-corrected chi connectivity index (χ2v) is 8.04. The number of pyridine rings is 2. The molecule has 0 radical (unpaired) electrons. The van der Waals surface area contributed by atoms with E-state index in [-0.39, 0.29) is 5.82 Å². The highest BCUT2D eigenvalue weighted by Crippen LogP contribution is 2.31. The number of likely N-dealkylation sites (tertiary alicyclic amines) is 1. The first kappa shape index (κ1) is 26.8. The predicted octanol–water partition coefficient (Wildman–Crippen LogP) is 5.74. The molecule has 2 atom stereocenters. The maximum Gasteiger partial charge on any atom is 0.257 e. The molecule has 4 rings (SSSR count). The van der Waals surface area contributed by atoms with Crippen LogP contribution in [0.3, 0.4) is 0 Å². The van der Waals surface area contributed by atoms with Gasteiger partial charge in [0, 0.05) is 54.6 Å². The van der Waals surface area contributed by atoms with E-state index in [1.54, 1.807) is 0 Å². The first-order chi connectivity index (χ1) is 16.0. The maximum atomic E-state index is 14.5. The number of aromatic nitrogens is 2. The van der Waals surface area contributed by atoms with E-state index in [4.69, 9.17) is 14.2 Å². The van der Waals surface area contributed by atoms with Crippen LogP contribution in [0.1, 0.15) is 64.5 Å². The third kappa shape index (κ3) is 7.56. The van der Waals surface area contributed by atoms with Gasteiger partial charge >= 0.3 is 0 Å². The van der Waals surface area contributed by atoms with Crippen LogP contribution in [0.2, 0.25) is 0 Å². The van der Waals surface area contributed by atoms with Gasteiger partial charge in [0.1, 0.15) is 24.8 Å². The largest absolute Gasteiger partial charge is 0.493 e. The fraction of sp³-hybridized carbons (Fsp3) is 0.615. The van der Waals surface area contributed by atoms with Crippen molar-refractivity contribution in [3.63, 3.8) is 0 Å². The van der Waals surface area contributed by atoms with Gasteiger partial charge in [-0.05, 0) is 33.6 Å². The van der Waals surface area contributed by atoms with Crippen LogP contribution in [0.5, 0.6) is 17.4 Å². The molecule has 2 aromatic rings. The van der Waals surface area contributed by atoms with Crippen molar-refractivity contribution in [1.82, 2.24) is 14.9 Å². The molecule has 0 amide bonds. The van der Waals surface area contributed by atoms with E-state index in [0.29, 0.717) is 55.6 Å². The molecule has 1 saturated heterocycles. The number of nitrogens with zero attached hydrogens (tertiary/aromatic N) is 3. The highest BCUT2D eigenvalue weighted by molar-refractivity contribution is 5.36. The molecule has 4 heterocycles. The first-order valence-electron chi connectivity index (χ1n) is 12.2. The van der Waals surface area contributed by atoms with Gasteiger partial charge < -0.3 is 14.2 Å². The summed E-state index contributed by atoms with van der Waals surface area (Å²) in [6, 6.07) is 5.68. The molecule has 184 valence electrons. The average molecular weight is 462 g/mol. The minimum Gasteiger partial charge on any atom is -0.493 e. The molecule has 1 fully saturated rings. The summed E-state index contributed by atoms with van der Waals surface area (Å²) in [6.07, 6.45) is 2.15. The third-order valence-electron chi connectivity index (χ3n) is 5.56. The van der Waals surface area contributed by atoms with Gasteiger partial charge in [-0.3, -0.25) is 9.88 Å². The van der Waals surface area contributed by atoms with Crippen LogP contribution < -0.4 is 14.2 Å². The molecule has 33 heavy (non-hydrogen) atoms. The summed E-state index contributed by atoms with van der Waals surface area (Å²) < 4.78 is 31.5. The smallest absolute Gasteiger partial charge is 0.257 e. The standard InChI is InChI=1S/C22H28FN3O3.2C2H6/c1-14-8-18(9-15(2)24-14)29-13-17-5-4-16(3)26(11-17)12-20-19(23)10-21-22(25-20)28-7-6-27-21;2*1-2/h8-10,16-17H,4-7,11-13H2,1-3H3;2*1-2H3/t16-,17?;;/m1../s1. The molecule has 2 aromatic heterocycles. The lowest BCUT2D eigenvalue weighted by Gasteiger charge is -2.37.